The summed E-state index contributed by atoms with van der Waals surface area (Å²) in [6.07, 6.45) is 2.45. The average molecular weight is 313 g/mol. The van der Waals surface area contributed by atoms with Gasteiger partial charge < -0.3 is 9.80 Å². The molecule has 1 fully saturated rings. The van der Waals surface area contributed by atoms with Gasteiger partial charge in [0.25, 0.3) is 0 Å². The van der Waals surface area contributed by atoms with Crippen LogP contribution < -0.4 is 9.80 Å². The van der Waals surface area contributed by atoms with Gasteiger partial charge in [-0.05, 0) is 31.4 Å². The van der Waals surface area contributed by atoms with Crippen molar-refractivity contribution in [1.29, 1.82) is 0 Å². The highest BCUT2D eigenvalue weighted by molar-refractivity contribution is 5.98. The Bertz CT molecular complexity index is 629. The minimum atomic E-state index is 0.161. The zero-order valence-electron chi connectivity index (χ0n) is 14.5. The Morgan fingerprint density at radius 1 is 1.30 bits per heavy atom. The highest BCUT2D eigenvalue weighted by Gasteiger charge is 2.45. The lowest BCUT2D eigenvalue weighted by molar-refractivity contribution is -0.116. The fourth-order valence-corrected chi connectivity index (χ4v) is 4.78. The fourth-order valence-electron chi connectivity index (χ4n) is 4.78. The van der Waals surface area contributed by atoms with Crippen molar-refractivity contribution in [1.82, 2.24) is 4.90 Å². The van der Waals surface area contributed by atoms with Crippen molar-refractivity contribution in [3.63, 3.8) is 0 Å². The first kappa shape index (κ1) is 15.0. The number of likely N-dealkylation sites (tertiary alicyclic amines) is 1. The second-order valence-corrected chi connectivity index (χ2v) is 7.29. The molecule has 0 N–H and O–H groups in total. The normalized spacial score (nSPS) is 27.6. The Morgan fingerprint density at radius 2 is 2.13 bits per heavy atom. The van der Waals surface area contributed by atoms with E-state index in [1.807, 2.05) is 4.90 Å². The van der Waals surface area contributed by atoms with Crippen molar-refractivity contribution in [3.05, 3.63) is 23.8 Å². The van der Waals surface area contributed by atoms with Crippen molar-refractivity contribution in [3.8, 4) is 0 Å². The van der Waals surface area contributed by atoms with Gasteiger partial charge in [-0.15, -0.1) is 0 Å². The van der Waals surface area contributed by atoms with Gasteiger partial charge in [-0.25, -0.2) is 0 Å². The topological polar surface area (TPSA) is 26.8 Å². The largest absolute Gasteiger partial charge is 0.364 e. The predicted octanol–water partition coefficient (Wildman–Crippen LogP) is 2.83. The molecule has 0 spiro atoms. The minimum Gasteiger partial charge on any atom is -0.364 e. The van der Waals surface area contributed by atoms with E-state index in [0.29, 0.717) is 18.0 Å². The summed E-state index contributed by atoms with van der Waals surface area (Å²) < 4.78 is 0. The zero-order chi connectivity index (χ0) is 16.1. The van der Waals surface area contributed by atoms with Crippen LogP contribution in [-0.4, -0.2) is 49.1 Å². The Morgan fingerprint density at radius 3 is 2.87 bits per heavy atom. The van der Waals surface area contributed by atoms with E-state index in [0.717, 1.165) is 25.3 Å². The fraction of sp³-hybridized carbons (Fsp3) is 0.632. The van der Waals surface area contributed by atoms with E-state index in [2.05, 4.69) is 41.8 Å². The monoisotopic (exact) mass is 313 g/mol. The molecular formula is C19H27N3O. The molecule has 0 aliphatic carbocycles. The van der Waals surface area contributed by atoms with Gasteiger partial charge in [-0.1, -0.05) is 19.1 Å². The molecule has 0 bridgehead atoms. The molecule has 0 aromatic heterocycles. The van der Waals surface area contributed by atoms with Crippen molar-refractivity contribution in [2.45, 2.75) is 51.6 Å². The summed E-state index contributed by atoms with van der Waals surface area (Å²) in [5.41, 5.74) is 3.94. The third-order valence-corrected chi connectivity index (χ3v) is 6.19. The molecule has 1 saturated heterocycles. The molecule has 1 aromatic rings. The lowest BCUT2D eigenvalue weighted by Crippen LogP contribution is -2.51. The SMILES string of the molecule is CCC(C)N1CCC2C(C1)c1cccc3c1N2CCN3C(C)=O. The molecule has 3 aliphatic heterocycles. The Balaban J connectivity index is 1.72. The number of amides is 1. The number of fused-ring (bicyclic) bond motifs is 3. The summed E-state index contributed by atoms with van der Waals surface area (Å²) in [5.74, 6) is 0.758. The average Bonchev–Trinajstić information content (AvgIpc) is 2.90. The number of hydrogen-bond donors (Lipinski definition) is 0. The zero-order valence-corrected chi connectivity index (χ0v) is 14.5. The Hall–Kier alpha value is -1.55. The maximum atomic E-state index is 12.0. The number of hydrogen-bond acceptors (Lipinski definition) is 3. The number of piperidine rings is 1. The van der Waals surface area contributed by atoms with E-state index in [1.54, 1.807) is 6.92 Å². The van der Waals surface area contributed by atoms with E-state index in [9.17, 15) is 4.79 Å². The molecule has 0 radical (unpaired) electrons. The number of nitrogens with zero attached hydrogens (tertiary/aromatic N) is 3. The van der Waals surface area contributed by atoms with Crippen LogP contribution in [0.1, 0.15) is 45.1 Å². The molecular weight excluding hydrogens is 286 g/mol. The number of carbonyl (C=O) groups is 1. The molecule has 1 amide bonds. The lowest BCUT2D eigenvalue weighted by atomic mass is 9.88. The van der Waals surface area contributed by atoms with Crippen LogP contribution in [0.25, 0.3) is 0 Å². The first-order valence-electron chi connectivity index (χ1n) is 9.03. The molecule has 4 heteroatoms. The molecule has 4 rings (SSSR count). The van der Waals surface area contributed by atoms with Gasteiger partial charge in [0.2, 0.25) is 5.91 Å². The van der Waals surface area contributed by atoms with E-state index in [1.165, 1.54) is 30.6 Å². The van der Waals surface area contributed by atoms with Crippen molar-refractivity contribution < 1.29 is 4.79 Å². The number of anilines is 2. The molecule has 124 valence electrons. The standard InChI is InChI=1S/C19H27N3O/c1-4-13(2)20-9-8-17-16(12-20)15-6-5-7-18-19(15)22(17)11-10-21(18)14(3)23/h5-7,13,16-17H,4,8-12H2,1-3H3. The van der Waals surface area contributed by atoms with Crippen LogP contribution in [-0.2, 0) is 4.79 Å². The van der Waals surface area contributed by atoms with Crippen LogP contribution in [0.3, 0.4) is 0 Å². The molecule has 4 nitrogen and oxygen atoms in total. The summed E-state index contributed by atoms with van der Waals surface area (Å²) in [4.78, 5) is 19.2. The van der Waals surface area contributed by atoms with Crippen molar-refractivity contribution >= 4 is 17.3 Å². The minimum absolute atomic E-state index is 0.161. The van der Waals surface area contributed by atoms with Crippen LogP contribution in [0.4, 0.5) is 11.4 Å². The molecule has 3 aliphatic rings. The predicted molar refractivity (Wildman–Crippen MR) is 94.3 cm³/mol. The van der Waals surface area contributed by atoms with Gasteiger partial charge in [-0.3, -0.25) is 9.69 Å². The summed E-state index contributed by atoms with van der Waals surface area (Å²) in [6.45, 7) is 10.5. The van der Waals surface area contributed by atoms with Gasteiger partial charge >= 0.3 is 0 Å². The summed E-state index contributed by atoms with van der Waals surface area (Å²) >= 11 is 0. The Kier molecular flexibility index (Phi) is 3.60. The number of para-hydroxylation sites is 1. The van der Waals surface area contributed by atoms with Crippen LogP contribution in [0.15, 0.2) is 18.2 Å². The maximum absolute atomic E-state index is 12.0. The molecule has 3 heterocycles. The third kappa shape index (κ3) is 2.18. The van der Waals surface area contributed by atoms with Gasteiger partial charge in [0.15, 0.2) is 0 Å². The van der Waals surface area contributed by atoms with E-state index in [4.69, 9.17) is 0 Å². The van der Waals surface area contributed by atoms with Crippen LogP contribution in [0.2, 0.25) is 0 Å². The number of benzene rings is 1. The van der Waals surface area contributed by atoms with Gasteiger partial charge in [0.05, 0.1) is 11.4 Å². The second-order valence-electron chi connectivity index (χ2n) is 7.29. The molecule has 3 unspecified atom stereocenters. The molecule has 1 aromatic carbocycles. The second kappa shape index (κ2) is 5.52. The van der Waals surface area contributed by atoms with Gasteiger partial charge in [0, 0.05) is 51.1 Å². The van der Waals surface area contributed by atoms with Crippen molar-refractivity contribution in [2.24, 2.45) is 0 Å². The van der Waals surface area contributed by atoms with E-state index >= 15 is 0 Å². The summed E-state index contributed by atoms with van der Waals surface area (Å²) in [6, 6.07) is 7.84. The van der Waals surface area contributed by atoms with Crippen LogP contribution in [0, 0.1) is 0 Å². The summed E-state index contributed by atoms with van der Waals surface area (Å²) in [7, 11) is 0. The smallest absolute Gasteiger partial charge is 0.223 e. The van der Waals surface area contributed by atoms with Crippen molar-refractivity contribution in [2.75, 3.05) is 36.0 Å². The highest BCUT2D eigenvalue weighted by atomic mass is 16.2. The Labute approximate surface area is 139 Å². The van der Waals surface area contributed by atoms with E-state index in [-0.39, 0.29) is 5.91 Å². The number of carbonyl (C=O) groups excluding carboxylic acids is 1. The van der Waals surface area contributed by atoms with Gasteiger partial charge in [-0.2, -0.15) is 0 Å². The maximum Gasteiger partial charge on any atom is 0.223 e. The first-order valence-corrected chi connectivity index (χ1v) is 9.03. The third-order valence-electron chi connectivity index (χ3n) is 6.19. The number of rotatable bonds is 2. The first-order chi connectivity index (χ1) is 11.1. The lowest BCUT2D eigenvalue weighted by Gasteiger charge is -2.43. The van der Waals surface area contributed by atoms with E-state index < -0.39 is 0 Å². The molecule has 3 atom stereocenters. The highest BCUT2D eigenvalue weighted by Crippen LogP contribution is 2.50. The van der Waals surface area contributed by atoms with Crippen LogP contribution in [0.5, 0.6) is 0 Å². The molecule has 0 saturated carbocycles. The van der Waals surface area contributed by atoms with Gasteiger partial charge in [0.1, 0.15) is 0 Å². The van der Waals surface area contributed by atoms with Crippen LogP contribution >= 0.6 is 0 Å². The quantitative estimate of drug-likeness (QED) is 0.840. The summed E-state index contributed by atoms with van der Waals surface area (Å²) in [5, 5.41) is 0. The molecule has 23 heavy (non-hydrogen) atoms.